The molecule has 0 aliphatic carbocycles. The number of piperazine rings is 1. The van der Waals surface area contributed by atoms with Crippen molar-refractivity contribution < 1.29 is 35.1 Å². The highest BCUT2D eigenvalue weighted by Gasteiger charge is 2.21. The summed E-state index contributed by atoms with van der Waals surface area (Å²) in [6.45, 7) is 6.18. The number of aliphatic hydroxyl groups is 1. The molecule has 154 valence electrons. The van der Waals surface area contributed by atoms with Gasteiger partial charge in [-0.2, -0.15) is 0 Å². The van der Waals surface area contributed by atoms with Crippen LogP contribution in [0.15, 0.2) is 48.5 Å². The van der Waals surface area contributed by atoms with Crippen LogP contribution < -0.4 is 10.2 Å². The van der Waals surface area contributed by atoms with E-state index in [1.165, 1.54) is 39.8 Å². The quantitative estimate of drug-likeness (QED) is 0.351. The van der Waals surface area contributed by atoms with Gasteiger partial charge in [-0.25, -0.2) is 9.59 Å². The van der Waals surface area contributed by atoms with Gasteiger partial charge in [0.25, 0.3) is 0 Å². The molecule has 1 aliphatic heterocycles. The number of benzene rings is 2. The van der Waals surface area contributed by atoms with Crippen molar-refractivity contribution in [1.29, 1.82) is 0 Å². The zero-order valence-corrected chi connectivity index (χ0v) is 16.1. The van der Waals surface area contributed by atoms with E-state index in [-0.39, 0.29) is 6.10 Å². The Kier molecular flexibility index (Phi) is 6.82. The Bertz CT molecular complexity index is 929. The molecule has 0 spiro atoms. The molecule has 8 nitrogen and oxygen atoms in total. The summed E-state index contributed by atoms with van der Waals surface area (Å²) in [5.41, 5.74) is 2.43. The number of fused-ring (bicyclic) bond motifs is 3. The fourth-order valence-corrected chi connectivity index (χ4v) is 3.89. The number of para-hydroxylation sites is 2. The number of aliphatic hydroxyl groups excluding tert-OH is 1. The molecular weight excluding hydrogens is 374 g/mol. The number of hydrogen-bond donors (Lipinski definition) is 5. The minimum Gasteiger partial charge on any atom is -0.473 e. The summed E-state index contributed by atoms with van der Waals surface area (Å²) in [6, 6.07) is 17.0. The van der Waals surface area contributed by atoms with Crippen LogP contribution in [0.2, 0.25) is 0 Å². The Morgan fingerprint density at radius 1 is 0.931 bits per heavy atom. The maximum Gasteiger partial charge on any atom is 0.414 e. The average Bonchev–Trinajstić information content (AvgIpc) is 3.03. The van der Waals surface area contributed by atoms with Crippen LogP contribution in [-0.4, -0.2) is 70.7 Å². The van der Waals surface area contributed by atoms with E-state index in [1.54, 1.807) is 0 Å². The third-order valence-corrected chi connectivity index (χ3v) is 5.18. The van der Waals surface area contributed by atoms with E-state index in [1.807, 2.05) is 0 Å². The van der Waals surface area contributed by atoms with E-state index in [9.17, 15) is 5.11 Å². The molecule has 1 aromatic heterocycles. The van der Waals surface area contributed by atoms with Crippen molar-refractivity contribution in [3.63, 3.8) is 0 Å². The first-order valence-corrected chi connectivity index (χ1v) is 9.73. The van der Waals surface area contributed by atoms with Crippen LogP contribution in [0.1, 0.15) is 0 Å². The number of carbonyl (C=O) groups is 2. The van der Waals surface area contributed by atoms with Gasteiger partial charge < -0.3 is 30.1 Å². The van der Waals surface area contributed by atoms with Crippen molar-refractivity contribution in [2.24, 2.45) is 0 Å². The number of aromatic nitrogens is 1. The van der Waals surface area contributed by atoms with E-state index in [0.29, 0.717) is 6.54 Å². The molecule has 2 heterocycles. The number of aliphatic carboxylic acids is 2. The van der Waals surface area contributed by atoms with Gasteiger partial charge in [0.2, 0.25) is 0 Å². The van der Waals surface area contributed by atoms with Gasteiger partial charge in [-0.3, -0.25) is 0 Å². The summed E-state index contributed by atoms with van der Waals surface area (Å²) in [6.07, 6.45) is -0.303. The van der Waals surface area contributed by atoms with E-state index < -0.39 is 11.9 Å². The zero-order valence-electron chi connectivity index (χ0n) is 16.1. The van der Waals surface area contributed by atoms with Crippen LogP contribution in [0.4, 0.5) is 0 Å². The lowest BCUT2D eigenvalue weighted by Crippen LogP contribution is -3.21. The molecule has 3 aromatic rings. The molecule has 6 N–H and O–H groups in total. The Hall–Kier alpha value is -2.94. The van der Waals surface area contributed by atoms with Gasteiger partial charge in [-0.05, 0) is 12.1 Å². The van der Waals surface area contributed by atoms with Crippen LogP contribution in [0, 0.1) is 0 Å². The van der Waals surface area contributed by atoms with Crippen molar-refractivity contribution in [2.45, 2.75) is 12.6 Å². The third kappa shape index (κ3) is 5.11. The van der Waals surface area contributed by atoms with Crippen LogP contribution in [0.5, 0.6) is 0 Å². The van der Waals surface area contributed by atoms with Gasteiger partial charge >= 0.3 is 11.9 Å². The van der Waals surface area contributed by atoms with Gasteiger partial charge in [-0.15, -0.1) is 0 Å². The van der Waals surface area contributed by atoms with Crippen molar-refractivity contribution in [2.75, 3.05) is 32.7 Å². The SMILES string of the molecule is O=C(O)C(=O)O.OC(Cn1c2ccccc2c2ccccc21)C[NH+]1CC[NH2+]CC1. The minimum absolute atomic E-state index is 0.303. The van der Waals surface area contributed by atoms with Gasteiger partial charge in [0.05, 0.1) is 6.54 Å². The highest BCUT2D eigenvalue weighted by atomic mass is 16.4. The number of quaternary nitrogens is 2. The number of nitrogens with zero attached hydrogens (tertiary/aromatic N) is 1. The fourth-order valence-electron chi connectivity index (χ4n) is 3.89. The number of carboxylic acids is 2. The van der Waals surface area contributed by atoms with Crippen LogP contribution >= 0.6 is 0 Å². The summed E-state index contributed by atoms with van der Waals surface area (Å²) < 4.78 is 2.28. The number of nitrogens with two attached hydrogens (primary N) is 1. The molecule has 0 amide bonds. The highest BCUT2D eigenvalue weighted by Crippen LogP contribution is 2.28. The standard InChI is InChI=1S/C19H23N3O.C2H2O4/c23-15(13-21-11-9-20-10-12-21)14-22-18-7-3-1-5-16(18)17-6-2-4-8-19(17)22;3-1(4)2(5)6/h1-8,15,20,23H,9-14H2;(H,3,4)(H,5,6)/p+2. The predicted octanol–water partition coefficient (Wildman–Crippen LogP) is -1.23. The first-order valence-electron chi connectivity index (χ1n) is 9.73. The van der Waals surface area contributed by atoms with E-state index >= 15 is 0 Å². The molecule has 29 heavy (non-hydrogen) atoms. The van der Waals surface area contributed by atoms with Crippen LogP contribution in [0.3, 0.4) is 0 Å². The normalized spacial score (nSPS) is 15.6. The van der Waals surface area contributed by atoms with Crippen molar-refractivity contribution in [1.82, 2.24) is 4.57 Å². The number of carboxylic acid groups (broad SMARTS) is 2. The summed E-state index contributed by atoms with van der Waals surface area (Å²) in [5, 5.41) is 30.3. The Balaban J connectivity index is 0.000000353. The first kappa shape index (κ1) is 20.8. The maximum absolute atomic E-state index is 10.6. The number of nitrogens with one attached hydrogen (secondary N) is 1. The van der Waals surface area contributed by atoms with Crippen molar-refractivity contribution in [3.05, 3.63) is 48.5 Å². The minimum atomic E-state index is -1.82. The molecular formula is C21H27N3O5+2. The molecule has 0 radical (unpaired) electrons. The van der Waals surface area contributed by atoms with Gasteiger partial charge in [-0.1, -0.05) is 36.4 Å². The molecule has 1 saturated heterocycles. The summed E-state index contributed by atoms with van der Waals surface area (Å²) in [5.74, 6) is -3.65. The lowest BCUT2D eigenvalue weighted by Gasteiger charge is -2.25. The number of rotatable bonds is 4. The largest absolute Gasteiger partial charge is 0.473 e. The summed E-state index contributed by atoms with van der Waals surface area (Å²) in [4.78, 5) is 19.7. The van der Waals surface area contributed by atoms with E-state index in [2.05, 4.69) is 58.4 Å². The van der Waals surface area contributed by atoms with Crippen LogP contribution in [-0.2, 0) is 16.1 Å². The van der Waals surface area contributed by atoms with Crippen molar-refractivity contribution >= 4 is 33.7 Å². The highest BCUT2D eigenvalue weighted by molar-refractivity contribution is 6.27. The molecule has 1 fully saturated rings. The second kappa shape index (κ2) is 9.51. The first-order chi connectivity index (χ1) is 14.0. The monoisotopic (exact) mass is 401 g/mol. The van der Waals surface area contributed by atoms with Gasteiger partial charge in [0.15, 0.2) is 0 Å². The average molecular weight is 401 g/mol. The predicted molar refractivity (Wildman–Crippen MR) is 108 cm³/mol. The van der Waals surface area contributed by atoms with E-state index in [0.717, 1.165) is 19.6 Å². The van der Waals surface area contributed by atoms with Gasteiger partial charge in [0, 0.05) is 21.8 Å². The zero-order chi connectivity index (χ0) is 20.8. The molecule has 4 rings (SSSR count). The lowest BCUT2D eigenvalue weighted by atomic mass is 10.2. The fraction of sp³-hybridized carbons (Fsp3) is 0.333. The Morgan fingerprint density at radius 3 is 1.90 bits per heavy atom. The Morgan fingerprint density at radius 2 is 1.41 bits per heavy atom. The number of hydrogen-bond acceptors (Lipinski definition) is 3. The molecule has 2 aromatic carbocycles. The summed E-state index contributed by atoms with van der Waals surface area (Å²) in [7, 11) is 0. The maximum atomic E-state index is 10.6. The molecule has 0 bridgehead atoms. The van der Waals surface area contributed by atoms with Crippen molar-refractivity contribution in [3.8, 4) is 0 Å². The molecule has 8 heteroatoms. The Labute approximate surface area is 168 Å². The molecule has 0 saturated carbocycles. The lowest BCUT2D eigenvalue weighted by molar-refractivity contribution is -0.949. The molecule has 1 aliphatic rings. The summed E-state index contributed by atoms with van der Waals surface area (Å²) >= 11 is 0. The van der Waals surface area contributed by atoms with Crippen LogP contribution in [0.25, 0.3) is 21.8 Å². The van der Waals surface area contributed by atoms with E-state index in [4.69, 9.17) is 19.8 Å². The third-order valence-electron chi connectivity index (χ3n) is 5.18. The topological polar surface area (TPSA) is 121 Å². The van der Waals surface area contributed by atoms with Gasteiger partial charge in [0.1, 0.15) is 38.8 Å². The smallest absolute Gasteiger partial charge is 0.414 e. The molecule has 1 unspecified atom stereocenters. The second-order valence-electron chi connectivity index (χ2n) is 7.23. The molecule has 1 atom stereocenters. The second-order valence-corrected chi connectivity index (χ2v) is 7.23.